The average Bonchev–Trinajstić information content (AvgIpc) is 3.19. The minimum Gasteiger partial charge on any atom is -0.479 e. The van der Waals surface area contributed by atoms with Crippen molar-refractivity contribution in [2.45, 2.75) is 32.1 Å². The van der Waals surface area contributed by atoms with E-state index < -0.39 is 24.2 Å². The molecule has 1 saturated carbocycles. The van der Waals surface area contributed by atoms with Crippen LogP contribution in [0.3, 0.4) is 0 Å². The maximum atomic E-state index is 11.8. The lowest BCUT2D eigenvalue weighted by molar-refractivity contribution is -0.148. The average molecular weight is 293 g/mol. The van der Waals surface area contributed by atoms with Gasteiger partial charge in [0.15, 0.2) is 6.10 Å². The van der Waals surface area contributed by atoms with Gasteiger partial charge in [-0.2, -0.15) is 0 Å². The van der Waals surface area contributed by atoms with Crippen LogP contribution in [0.1, 0.15) is 18.9 Å². The molecule has 1 aliphatic carbocycles. The molecule has 1 aromatic rings. The van der Waals surface area contributed by atoms with Crippen LogP contribution in [0.5, 0.6) is 0 Å². The molecule has 0 radical (unpaired) electrons. The van der Waals surface area contributed by atoms with Crippen molar-refractivity contribution >= 4 is 12.1 Å². The van der Waals surface area contributed by atoms with Crippen LogP contribution in [0.4, 0.5) is 4.79 Å². The number of aliphatic hydroxyl groups excluding tert-OH is 1. The number of carboxylic acid groups (broad SMARTS) is 1. The van der Waals surface area contributed by atoms with Crippen molar-refractivity contribution in [1.29, 1.82) is 0 Å². The van der Waals surface area contributed by atoms with Crippen molar-refractivity contribution in [3.8, 4) is 0 Å². The number of hydrogen-bond donors (Lipinski definition) is 3. The van der Waals surface area contributed by atoms with Gasteiger partial charge in [0, 0.05) is 0 Å². The van der Waals surface area contributed by atoms with Gasteiger partial charge in [-0.25, -0.2) is 9.59 Å². The molecule has 0 spiro atoms. The van der Waals surface area contributed by atoms with E-state index in [0.29, 0.717) is 5.92 Å². The normalized spacial score (nSPS) is 23.0. The second-order valence-corrected chi connectivity index (χ2v) is 5.39. The van der Waals surface area contributed by atoms with Crippen LogP contribution in [0, 0.1) is 11.8 Å². The van der Waals surface area contributed by atoms with Gasteiger partial charge in [0.05, 0.1) is 6.04 Å². The maximum Gasteiger partial charge on any atom is 0.407 e. The van der Waals surface area contributed by atoms with Crippen LogP contribution in [-0.4, -0.2) is 34.4 Å². The number of carbonyl (C=O) groups excluding carboxylic acids is 1. The third kappa shape index (κ3) is 4.19. The van der Waals surface area contributed by atoms with E-state index in [2.05, 4.69) is 5.32 Å². The third-order valence-corrected chi connectivity index (χ3v) is 3.72. The van der Waals surface area contributed by atoms with Crippen LogP contribution < -0.4 is 5.32 Å². The van der Waals surface area contributed by atoms with Crippen LogP contribution in [0.15, 0.2) is 30.3 Å². The molecule has 2 rings (SSSR count). The highest BCUT2D eigenvalue weighted by Gasteiger charge is 2.45. The molecule has 0 aliphatic heterocycles. The second kappa shape index (κ2) is 6.58. The zero-order chi connectivity index (χ0) is 15.4. The smallest absolute Gasteiger partial charge is 0.407 e. The highest BCUT2D eigenvalue weighted by molar-refractivity contribution is 5.75. The molecule has 0 bridgehead atoms. The number of aliphatic hydroxyl groups is 1. The predicted molar refractivity (Wildman–Crippen MR) is 74.5 cm³/mol. The highest BCUT2D eigenvalue weighted by atomic mass is 16.5. The van der Waals surface area contributed by atoms with E-state index in [1.165, 1.54) is 0 Å². The minimum atomic E-state index is -1.62. The Bertz CT molecular complexity index is 504. The molecule has 0 saturated heterocycles. The highest BCUT2D eigenvalue weighted by Crippen LogP contribution is 2.41. The molecule has 0 aromatic heterocycles. The van der Waals surface area contributed by atoms with Crippen molar-refractivity contribution in [3.05, 3.63) is 35.9 Å². The predicted octanol–water partition coefficient (Wildman–Crippen LogP) is 1.38. The van der Waals surface area contributed by atoms with Crippen LogP contribution in [0.2, 0.25) is 0 Å². The number of ether oxygens (including phenoxy) is 1. The maximum absolute atomic E-state index is 11.8. The van der Waals surface area contributed by atoms with Gasteiger partial charge in [0.1, 0.15) is 6.61 Å². The fourth-order valence-electron chi connectivity index (χ4n) is 2.33. The summed E-state index contributed by atoms with van der Waals surface area (Å²) in [4.78, 5) is 22.7. The SMILES string of the molecule is C[C@H]1C[C@@H]1[C@H](NC(=O)OCc1ccccc1)[C@@H](O)C(=O)O. The lowest BCUT2D eigenvalue weighted by Crippen LogP contribution is -2.48. The van der Waals surface area contributed by atoms with Crippen LogP contribution >= 0.6 is 0 Å². The number of benzene rings is 1. The summed E-state index contributed by atoms with van der Waals surface area (Å²) < 4.78 is 5.05. The summed E-state index contributed by atoms with van der Waals surface area (Å²) in [5, 5.41) is 21.0. The molecule has 1 aromatic carbocycles. The molecule has 6 heteroatoms. The molecule has 1 fully saturated rings. The Morgan fingerprint density at radius 1 is 1.38 bits per heavy atom. The topological polar surface area (TPSA) is 95.9 Å². The lowest BCUT2D eigenvalue weighted by atomic mass is 10.1. The van der Waals surface area contributed by atoms with Crippen LogP contribution in [-0.2, 0) is 16.1 Å². The van der Waals surface area contributed by atoms with Crippen molar-refractivity contribution in [2.24, 2.45) is 11.8 Å². The molecule has 21 heavy (non-hydrogen) atoms. The van der Waals surface area contributed by atoms with Gasteiger partial charge in [0.2, 0.25) is 0 Å². The first-order valence-electron chi connectivity index (χ1n) is 6.87. The first-order chi connectivity index (χ1) is 9.99. The Morgan fingerprint density at radius 2 is 2.00 bits per heavy atom. The van der Waals surface area contributed by atoms with Gasteiger partial charge in [0.25, 0.3) is 0 Å². The summed E-state index contributed by atoms with van der Waals surface area (Å²) in [6.45, 7) is 2.05. The number of carboxylic acids is 1. The second-order valence-electron chi connectivity index (χ2n) is 5.39. The molecule has 3 N–H and O–H groups in total. The summed E-state index contributed by atoms with van der Waals surface area (Å²) in [5.74, 6) is -1.08. The summed E-state index contributed by atoms with van der Waals surface area (Å²) in [7, 11) is 0. The molecule has 1 aliphatic rings. The van der Waals surface area contributed by atoms with E-state index in [0.717, 1.165) is 12.0 Å². The molecule has 1 amide bonds. The number of hydrogen-bond acceptors (Lipinski definition) is 4. The molecular formula is C15H19NO5. The Balaban J connectivity index is 1.88. The van der Waals surface area contributed by atoms with Crippen molar-refractivity contribution in [3.63, 3.8) is 0 Å². The third-order valence-electron chi connectivity index (χ3n) is 3.72. The molecule has 114 valence electrons. The number of aliphatic carboxylic acids is 1. The first kappa shape index (κ1) is 15.3. The van der Waals surface area contributed by atoms with Crippen LogP contribution in [0.25, 0.3) is 0 Å². The standard InChI is InChI=1S/C15H19NO5/c1-9-7-11(9)12(13(17)14(18)19)16-15(20)21-8-10-5-3-2-4-6-10/h2-6,9,11-13,17H,7-8H2,1H3,(H,16,20)(H,18,19)/t9-,11-,12-,13+/m0/s1. The van der Waals surface area contributed by atoms with Gasteiger partial charge >= 0.3 is 12.1 Å². The van der Waals surface area contributed by atoms with Crippen molar-refractivity contribution in [2.75, 3.05) is 0 Å². The number of alkyl carbamates (subject to hydrolysis) is 1. The van der Waals surface area contributed by atoms with E-state index in [-0.39, 0.29) is 12.5 Å². The number of carbonyl (C=O) groups is 2. The Hall–Kier alpha value is -2.08. The quantitative estimate of drug-likeness (QED) is 0.736. The first-order valence-corrected chi connectivity index (χ1v) is 6.87. The summed E-state index contributed by atoms with van der Waals surface area (Å²) in [6, 6.07) is 8.34. The summed E-state index contributed by atoms with van der Waals surface area (Å²) >= 11 is 0. The Labute approximate surface area is 122 Å². The molecule has 6 nitrogen and oxygen atoms in total. The monoisotopic (exact) mass is 293 g/mol. The molecule has 4 atom stereocenters. The van der Waals surface area contributed by atoms with Crippen molar-refractivity contribution in [1.82, 2.24) is 5.32 Å². The minimum absolute atomic E-state index is 0.0274. The van der Waals surface area contributed by atoms with Gasteiger partial charge in [-0.15, -0.1) is 0 Å². The van der Waals surface area contributed by atoms with Gasteiger partial charge in [-0.3, -0.25) is 0 Å². The van der Waals surface area contributed by atoms with Gasteiger partial charge in [-0.1, -0.05) is 37.3 Å². The zero-order valence-electron chi connectivity index (χ0n) is 11.7. The van der Waals surface area contributed by atoms with E-state index in [4.69, 9.17) is 9.84 Å². The molecule has 0 unspecified atom stereocenters. The lowest BCUT2D eigenvalue weighted by Gasteiger charge is -2.21. The van der Waals surface area contributed by atoms with Crippen molar-refractivity contribution < 1.29 is 24.5 Å². The molecular weight excluding hydrogens is 274 g/mol. The van der Waals surface area contributed by atoms with E-state index in [9.17, 15) is 14.7 Å². The van der Waals surface area contributed by atoms with Gasteiger partial charge < -0.3 is 20.3 Å². The summed E-state index contributed by atoms with van der Waals surface area (Å²) in [6.07, 6.45) is -1.55. The van der Waals surface area contributed by atoms with E-state index in [1.807, 2.05) is 37.3 Å². The number of rotatable bonds is 6. The Kier molecular flexibility index (Phi) is 4.80. The van der Waals surface area contributed by atoms with Gasteiger partial charge in [-0.05, 0) is 23.8 Å². The van der Waals surface area contributed by atoms with E-state index >= 15 is 0 Å². The number of nitrogens with one attached hydrogen (secondary N) is 1. The Morgan fingerprint density at radius 3 is 2.52 bits per heavy atom. The molecule has 0 heterocycles. The summed E-state index contributed by atoms with van der Waals surface area (Å²) in [5.41, 5.74) is 0.836. The fourth-order valence-corrected chi connectivity index (χ4v) is 2.33. The number of amides is 1. The fraction of sp³-hybridized carbons (Fsp3) is 0.467. The largest absolute Gasteiger partial charge is 0.479 e. The zero-order valence-corrected chi connectivity index (χ0v) is 11.7. The van der Waals surface area contributed by atoms with E-state index in [1.54, 1.807) is 0 Å².